The van der Waals surface area contributed by atoms with Crippen LogP contribution in [0.1, 0.15) is 31.2 Å². The monoisotopic (exact) mass is 463 g/mol. The minimum atomic E-state index is 0.0213. The lowest BCUT2D eigenvalue weighted by Crippen LogP contribution is -2.35. The number of anilines is 2. The van der Waals surface area contributed by atoms with Gasteiger partial charge in [-0.2, -0.15) is 4.98 Å². The Morgan fingerprint density at radius 1 is 1.00 bits per heavy atom. The maximum atomic E-state index is 12.8. The van der Waals surface area contributed by atoms with Gasteiger partial charge in [0, 0.05) is 38.0 Å². The molecule has 0 atom stereocenters. The molecule has 1 aliphatic carbocycles. The third kappa shape index (κ3) is 5.32. The van der Waals surface area contributed by atoms with E-state index >= 15 is 0 Å². The average Bonchev–Trinajstić information content (AvgIpc) is 2.86. The van der Waals surface area contributed by atoms with Gasteiger partial charge < -0.3 is 25.0 Å². The highest BCUT2D eigenvalue weighted by Crippen LogP contribution is 2.30. The predicted octanol–water partition coefficient (Wildman–Crippen LogP) is 4.00. The van der Waals surface area contributed by atoms with Crippen molar-refractivity contribution in [3.05, 3.63) is 48.0 Å². The van der Waals surface area contributed by atoms with Gasteiger partial charge in [0.25, 0.3) is 0 Å². The number of fused-ring (bicyclic) bond motifs is 1. The van der Waals surface area contributed by atoms with Gasteiger partial charge in [-0.25, -0.2) is 4.98 Å². The van der Waals surface area contributed by atoms with E-state index in [4.69, 9.17) is 19.4 Å². The van der Waals surface area contributed by atoms with Crippen molar-refractivity contribution in [1.82, 2.24) is 15.3 Å². The standard InChI is InChI=1S/C26H33N5O3/c1-31(2)24-20-7-5-6-8-21(20)29-26(30-24)28-19-12-10-18(11-13-19)25(32)27-16-17-9-14-22(33-3)23(15-17)34-4/h5-9,14-15,18-19H,10-13,16H2,1-4H3,(H,27,32)(H,28,29,30)/t18-,19+. The van der Waals surface area contributed by atoms with Crippen LogP contribution in [0.15, 0.2) is 42.5 Å². The van der Waals surface area contributed by atoms with Gasteiger partial charge in [0.2, 0.25) is 11.9 Å². The highest BCUT2D eigenvalue weighted by atomic mass is 16.5. The van der Waals surface area contributed by atoms with E-state index in [1.807, 2.05) is 61.5 Å². The summed E-state index contributed by atoms with van der Waals surface area (Å²) >= 11 is 0. The zero-order chi connectivity index (χ0) is 24.1. The molecule has 2 aromatic carbocycles. The minimum Gasteiger partial charge on any atom is -0.493 e. The predicted molar refractivity (Wildman–Crippen MR) is 135 cm³/mol. The van der Waals surface area contributed by atoms with Crippen LogP contribution in [0.4, 0.5) is 11.8 Å². The Hall–Kier alpha value is -3.55. The fraction of sp³-hybridized carbons (Fsp3) is 0.423. The van der Waals surface area contributed by atoms with Crippen molar-refractivity contribution in [3.8, 4) is 11.5 Å². The molecule has 0 radical (unpaired) electrons. The lowest BCUT2D eigenvalue weighted by molar-refractivity contribution is -0.126. The minimum absolute atomic E-state index is 0.0213. The molecular formula is C26H33N5O3. The van der Waals surface area contributed by atoms with Crippen LogP contribution in [0.5, 0.6) is 11.5 Å². The Bertz CT molecular complexity index is 1140. The quantitative estimate of drug-likeness (QED) is 0.522. The summed E-state index contributed by atoms with van der Waals surface area (Å²) in [6, 6.07) is 14.0. The van der Waals surface area contributed by atoms with Crippen LogP contribution in [0.2, 0.25) is 0 Å². The van der Waals surface area contributed by atoms with Gasteiger partial charge >= 0.3 is 0 Å². The van der Waals surface area contributed by atoms with Crippen LogP contribution in [0, 0.1) is 5.92 Å². The number of ether oxygens (including phenoxy) is 2. The smallest absolute Gasteiger partial charge is 0.225 e. The number of para-hydroxylation sites is 1. The second-order valence-electron chi connectivity index (χ2n) is 8.88. The molecule has 3 aromatic rings. The molecule has 4 rings (SSSR count). The van der Waals surface area contributed by atoms with Crippen LogP contribution < -0.4 is 25.0 Å². The number of amides is 1. The number of nitrogens with zero attached hydrogens (tertiary/aromatic N) is 3. The first kappa shape index (κ1) is 23.6. The van der Waals surface area contributed by atoms with Gasteiger partial charge in [0.1, 0.15) is 5.82 Å². The summed E-state index contributed by atoms with van der Waals surface area (Å²) in [5.74, 6) is 3.00. The zero-order valence-electron chi connectivity index (χ0n) is 20.3. The van der Waals surface area contributed by atoms with Crippen molar-refractivity contribution in [2.45, 2.75) is 38.3 Å². The molecule has 1 fully saturated rings. The average molecular weight is 464 g/mol. The second-order valence-corrected chi connectivity index (χ2v) is 8.88. The lowest BCUT2D eigenvalue weighted by Gasteiger charge is -2.28. The molecule has 1 aliphatic rings. The first-order chi connectivity index (χ1) is 16.5. The molecule has 0 unspecified atom stereocenters. The molecule has 0 spiro atoms. The molecule has 1 saturated carbocycles. The lowest BCUT2D eigenvalue weighted by atomic mass is 9.85. The number of aromatic nitrogens is 2. The summed E-state index contributed by atoms with van der Waals surface area (Å²) in [5.41, 5.74) is 1.90. The van der Waals surface area contributed by atoms with Crippen molar-refractivity contribution in [2.75, 3.05) is 38.5 Å². The van der Waals surface area contributed by atoms with E-state index in [0.717, 1.165) is 48.0 Å². The number of methoxy groups -OCH3 is 2. The Balaban J connectivity index is 1.32. The maximum Gasteiger partial charge on any atom is 0.225 e. The molecule has 8 heteroatoms. The molecule has 0 bridgehead atoms. The summed E-state index contributed by atoms with van der Waals surface area (Å²) in [6.07, 6.45) is 3.48. The van der Waals surface area contributed by atoms with Crippen molar-refractivity contribution in [3.63, 3.8) is 0 Å². The van der Waals surface area contributed by atoms with Gasteiger partial charge in [-0.15, -0.1) is 0 Å². The summed E-state index contributed by atoms with van der Waals surface area (Å²) in [7, 11) is 7.20. The van der Waals surface area contributed by atoms with E-state index in [0.29, 0.717) is 24.0 Å². The van der Waals surface area contributed by atoms with E-state index in [-0.39, 0.29) is 17.9 Å². The number of carbonyl (C=O) groups is 1. The Morgan fingerprint density at radius 3 is 2.44 bits per heavy atom. The van der Waals surface area contributed by atoms with Gasteiger partial charge in [-0.05, 0) is 55.5 Å². The summed E-state index contributed by atoms with van der Waals surface area (Å²) in [4.78, 5) is 24.2. The molecule has 1 heterocycles. The molecule has 0 saturated heterocycles. The van der Waals surface area contributed by atoms with E-state index in [2.05, 4.69) is 10.6 Å². The van der Waals surface area contributed by atoms with E-state index < -0.39 is 0 Å². The molecule has 2 N–H and O–H groups in total. The fourth-order valence-corrected chi connectivity index (χ4v) is 4.47. The normalized spacial score (nSPS) is 17.8. The SMILES string of the molecule is COc1ccc(CNC(=O)[C@H]2CC[C@@H](Nc3nc(N(C)C)c4ccccc4n3)CC2)cc1OC. The molecule has 1 aromatic heterocycles. The Labute approximate surface area is 200 Å². The summed E-state index contributed by atoms with van der Waals surface area (Å²) in [6.45, 7) is 0.468. The second kappa shape index (κ2) is 10.6. The van der Waals surface area contributed by atoms with Gasteiger partial charge in [0.05, 0.1) is 19.7 Å². The Morgan fingerprint density at radius 2 is 1.74 bits per heavy atom. The summed E-state index contributed by atoms with van der Waals surface area (Å²) < 4.78 is 10.6. The van der Waals surface area contributed by atoms with E-state index in [9.17, 15) is 4.79 Å². The topological polar surface area (TPSA) is 88.6 Å². The van der Waals surface area contributed by atoms with Gasteiger partial charge in [0.15, 0.2) is 11.5 Å². The first-order valence-corrected chi connectivity index (χ1v) is 11.7. The maximum absolute atomic E-state index is 12.8. The number of benzene rings is 2. The molecule has 8 nitrogen and oxygen atoms in total. The molecule has 34 heavy (non-hydrogen) atoms. The molecular weight excluding hydrogens is 430 g/mol. The number of carbonyl (C=O) groups excluding carboxylic acids is 1. The number of hydrogen-bond acceptors (Lipinski definition) is 7. The molecule has 1 amide bonds. The van der Waals surface area contributed by atoms with Crippen LogP contribution >= 0.6 is 0 Å². The van der Waals surface area contributed by atoms with E-state index in [1.165, 1.54) is 0 Å². The summed E-state index contributed by atoms with van der Waals surface area (Å²) in [5, 5.41) is 7.61. The van der Waals surface area contributed by atoms with Crippen molar-refractivity contribution in [1.29, 1.82) is 0 Å². The van der Waals surface area contributed by atoms with Crippen molar-refractivity contribution in [2.24, 2.45) is 5.92 Å². The number of nitrogens with one attached hydrogen (secondary N) is 2. The number of hydrogen-bond donors (Lipinski definition) is 2. The van der Waals surface area contributed by atoms with Crippen molar-refractivity contribution >= 4 is 28.6 Å². The van der Waals surface area contributed by atoms with Crippen LogP contribution in [-0.4, -0.2) is 50.2 Å². The highest BCUT2D eigenvalue weighted by molar-refractivity contribution is 5.90. The fourth-order valence-electron chi connectivity index (χ4n) is 4.47. The Kier molecular flexibility index (Phi) is 7.35. The number of rotatable bonds is 8. The van der Waals surface area contributed by atoms with Crippen LogP contribution in [0.25, 0.3) is 10.9 Å². The van der Waals surface area contributed by atoms with Gasteiger partial charge in [-0.3, -0.25) is 4.79 Å². The zero-order valence-corrected chi connectivity index (χ0v) is 20.3. The molecule has 0 aliphatic heterocycles. The van der Waals surface area contributed by atoms with Crippen LogP contribution in [-0.2, 0) is 11.3 Å². The first-order valence-electron chi connectivity index (χ1n) is 11.7. The largest absolute Gasteiger partial charge is 0.493 e. The van der Waals surface area contributed by atoms with Gasteiger partial charge in [-0.1, -0.05) is 18.2 Å². The highest BCUT2D eigenvalue weighted by Gasteiger charge is 2.27. The molecule has 180 valence electrons. The van der Waals surface area contributed by atoms with Crippen molar-refractivity contribution < 1.29 is 14.3 Å². The third-order valence-electron chi connectivity index (χ3n) is 6.35. The van der Waals surface area contributed by atoms with E-state index in [1.54, 1.807) is 14.2 Å². The third-order valence-corrected chi connectivity index (χ3v) is 6.35. The van der Waals surface area contributed by atoms with Crippen LogP contribution in [0.3, 0.4) is 0 Å².